The number of nitrogens with one attached hydrogen (secondary N) is 1. The number of nitrogens with zero attached hydrogens (tertiary/aromatic N) is 4. The van der Waals surface area contributed by atoms with Crippen molar-refractivity contribution >= 4 is 11.9 Å². The molecule has 7 heteroatoms. The molecule has 2 heterocycles. The van der Waals surface area contributed by atoms with E-state index in [1.54, 1.807) is 17.8 Å². The van der Waals surface area contributed by atoms with Gasteiger partial charge in [-0.25, -0.2) is 4.79 Å². The zero-order valence-corrected chi connectivity index (χ0v) is 13.9. The van der Waals surface area contributed by atoms with Crippen LogP contribution in [0.1, 0.15) is 38.3 Å². The summed E-state index contributed by atoms with van der Waals surface area (Å²) in [4.78, 5) is 28.1. The lowest BCUT2D eigenvalue weighted by Gasteiger charge is -2.30. The lowest BCUT2D eigenvalue weighted by molar-refractivity contribution is -0.130. The fourth-order valence-corrected chi connectivity index (χ4v) is 3.28. The minimum atomic E-state index is -0.0481. The molecule has 2 fully saturated rings. The first-order valence-corrected chi connectivity index (χ1v) is 8.35. The Morgan fingerprint density at radius 2 is 2.17 bits per heavy atom. The Balaban J connectivity index is 1.56. The third-order valence-electron chi connectivity index (χ3n) is 4.78. The van der Waals surface area contributed by atoms with Gasteiger partial charge >= 0.3 is 6.03 Å². The van der Waals surface area contributed by atoms with Crippen LogP contribution < -0.4 is 5.32 Å². The molecule has 3 rings (SSSR count). The molecule has 0 bridgehead atoms. The Labute approximate surface area is 136 Å². The van der Waals surface area contributed by atoms with E-state index in [9.17, 15) is 9.59 Å². The molecule has 126 valence electrons. The molecule has 2 aliphatic rings. The third kappa shape index (κ3) is 3.65. The summed E-state index contributed by atoms with van der Waals surface area (Å²) < 4.78 is 1.76. The Morgan fingerprint density at radius 1 is 1.39 bits per heavy atom. The van der Waals surface area contributed by atoms with Gasteiger partial charge in [0.05, 0.1) is 18.3 Å². The molecule has 0 aromatic carbocycles. The lowest BCUT2D eigenvalue weighted by Crippen LogP contribution is -2.48. The van der Waals surface area contributed by atoms with Crippen LogP contribution in [0.5, 0.6) is 0 Å². The van der Waals surface area contributed by atoms with Gasteiger partial charge in [-0.2, -0.15) is 5.10 Å². The molecule has 1 N–H and O–H groups in total. The summed E-state index contributed by atoms with van der Waals surface area (Å²) in [6.45, 7) is 3.52. The average molecular weight is 319 g/mol. The molecule has 1 saturated carbocycles. The number of hydrogen-bond donors (Lipinski definition) is 1. The Kier molecular flexibility index (Phi) is 4.54. The molecular formula is C16H25N5O2. The molecule has 3 amide bonds. The maximum atomic E-state index is 12.5. The number of carbonyl (C=O) groups is 2. The van der Waals surface area contributed by atoms with E-state index in [1.165, 1.54) is 0 Å². The van der Waals surface area contributed by atoms with Crippen LogP contribution in [0.25, 0.3) is 0 Å². The first-order chi connectivity index (χ1) is 11.1. The van der Waals surface area contributed by atoms with Crippen molar-refractivity contribution in [1.29, 1.82) is 0 Å². The van der Waals surface area contributed by atoms with Crippen LogP contribution in [0.2, 0.25) is 0 Å². The number of hydrogen-bond acceptors (Lipinski definition) is 3. The molecule has 1 saturated heterocycles. The monoisotopic (exact) mass is 319 g/mol. The van der Waals surface area contributed by atoms with E-state index in [0.717, 1.165) is 37.9 Å². The predicted octanol–water partition coefficient (Wildman–Crippen LogP) is 1.10. The van der Waals surface area contributed by atoms with Gasteiger partial charge in [0.25, 0.3) is 0 Å². The number of aromatic nitrogens is 2. The van der Waals surface area contributed by atoms with Crippen molar-refractivity contribution in [3.63, 3.8) is 0 Å². The molecular weight excluding hydrogens is 294 g/mol. The maximum Gasteiger partial charge on any atom is 0.318 e. The highest BCUT2D eigenvalue weighted by Crippen LogP contribution is 2.29. The van der Waals surface area contributed by atoms with Crippen molar-refractivity contribution in [3.05, 3.63) is 18.0 Å². The Morgan fingerprint density at radius 3 is 2.78 bits per heavy atom. The van der Waals surface area contributed by atoms with Crippen molar-refractivity contribution < 1.29 is 9.59 Å². The number of aryl methyl sites for hydroxylation is 1. The highest BCUT2D eigenvalue weighted by Gasteiger charge is 2.36. The van der Waals surface area contributed by atoms with Gasteiger partial charge in [-0.3, -0.25) is 9.48 Å². The molecule has 0 radical (unpaired) electrons. The van der Waals surface area contributed by atoms with E-state index in [1.807, 2.05) is 22.9 Å². The molecule has 23 heavy (non-hydrogen) atoms. The largest absolute Gasteiger partial charge is 0.338 e. The van der Waals surface area contributed by atoms with Crippen LogP contribution in [0, 0.1) is 0 Å². The van der Waals surface area contributed by atoms with E-state index in [4.69, 9.17) is 0 Å². The molecule has 1 aromatic rings. The van der Waals surface area contributed by atoms with Crippen LogP contribution >= 0.6 is 0 Å². The van der Waals surface area contributed by atoms with E-state index >= 15 is 0 Å². The van der Waals surface area contributed by atoms with E-state index < -0.39 is 0 Å². The smallest absolute Gasteiger partial charge is 0.318 e. The van der Waals surface area contributed by atoms with Gasteiger partial charge in [0.1, 0.15) is 0 Å². The number of amides is 3. The highest BCUT2D eigenvalue weighted by atomic mass is 16.2. The zero-order chi connectivity index (χ0) is 16.4. The SMILES string of the molecule is CC(=O)N(C[C@@H]1CCCN1C(=O)NCc1ccnn1C)C1CC1. The van der Waals surface area contributed by atoms with Gasteiger partial charge in [0.2, 0.25) is 5.91 Å². The van der Waals surface area contributed by atoms with Crippen LogP contribution in [0.3, 0.4) is 0 Å². The maximum absolute atomic E-state index is 12.5. The number of urea groups is 1. The summed E-state index contributed by atoms with van der Waals surface area (Å²) in [5, 5.41) is 7.07. The normalized spacial score (nSPS) is 20.6. The van der Waals surface area contributed by atoms with E-state index in [0.29, 0.717) is 19.1 Å². The van der Waals surface area contributed by atoms with Gasteiger partial charge in [-0.1, -0.05) is 0 Å². The van der Waals surface area contributed by atoms with E-state index in [2.05, 4.69) is 10.4 Å². The van der Waals surface area contributed by atoms with Crippen LogP contribution in [-0.4, -0.2) is 56.7 Å². The second-order valence-electron chi connectivity index (χ2n) is 6.50. The van der Waals surface area contributed by atoms with Gasteiger partial charge < -0.3 is 15.1 Å². The average Bonchev–Trinajstić information content (AvgIpc) is 3.10. The topological polar surface area (TPSA) is 70.5 Å². The quantitative estimate of drug-likeness (QED) is 0.883. The first-order valence-electron chi connectivity index (χ1n) is 8.35. The summed E-state index contributed by atoms with van der Waals surface area (Å²) >= 11 is 0. The summed E-state index contributed by atoms with van der Waals surface area (Å²) in [5.74, 6) is 0.120. The minimum Gasteiger partial charge on any atom is -0.338 e. The van der Waals surface area contributed by atoms with Crippen molar-refractivity contribution in [2.24, 2.45) is 7.05 Å². The van der Waals surface area contributed by atoms with Crippen molar-refractivity contribution in [1.82, 2.24) is 24.9 Å². The number of rotatable bonds is 5. The predicted molar refractivity (Wildman–Crippen MR) is 85.6 cm³/mol. The summed E-state index contributed by atoms with van der Waals surface area (Å²) in [6.07, 6.45) is 5.88. The fraction of sp³-hybridized carbons (Fsp3) is 0.688. The number of likely N-dealkylation sites (tertiary alicyclic amines) is 1. The van der Waals surface area contributed by atoms with Gasteiger partial charge in [0, 0.05) is 39.3 Å². The van der Waals surface area contributed by atoms with Crippen LogP contribution in [0.15, 0.2) is 12.3 Å². The second-order valence-corrected chi connectivity index (χ2v) is 6.50. The van der Waals surface area contributed by atoms with Crippen LogP contribution in [0.4, 0.5) is 4.79 Å². The van der Waals surface area contributed by atoms with E-state index in [-0.39, 0.29) is 18.0 Å². The van der Waals surface area contributed by atoms with Gasteiger partial charge in [-0.05, 0) is 31.7 Å². The summed E-state index contributed by atoms with van der Waals surface area (Å²) in [5.41, 5.74) is 0.970. The molecule has 1 aromatic heterocycles. The molecule has 1 aliphatic heterocycles. The summed E-state index contributed by atoms with van der Waals surface area (Å²) in [7, 11) is 1.86. The van der Waals surface area contributed by atoms with Crippen molar-refractivity contribution in [3.8, 4) is 0 Å². The zero-order valence-electron chi connectivity index (χ0n) is 13.9. The first kappa shape index (κ1) is 15.8. The Bertz CT molecular complexity index is 581. The van der Waals surface area contributed by atoms with Gasteiger partial charge in [0.15, 0.2) is 0 Å². The molecule has 0 unspecified atom stereocenters. The molecule has 7 nitrogen and oxygen atoms in total. The third-order valence-corrected chi connectivity index (χ3v) is 4.78. The van der Waals surface area contributed by atoms with Gasteiger partial charge in [-0.15, -0.1) is 0 Å². The van der Waals surface area contributed by atoms with Crippen molar-refractivity contribution in [2.45, 2.75) is 51.2 Å². The molecule has 0 spiro atoms. The minimum absolute atomic E-state index is 0.0481. The molecule has 1 atom stereocenters. The molecule has 1 aliphatic carbocycles. The second kappa shape index (κ2) is 6.60. The van der Waals surface area contributed by atoms with Crippen molar-refractivity contribution in [2.75, 3.05) is 13.1 Å². The standard InChI is InChI=1S/C16H25N5O2/c1-12(22)21(13-5-6-13)11-15-4-3-9-20(15)16(23)17-10-14-7-8-18-19(14)2/h7-8,13,15H,3-6,9-11H2,1-2H3,(H,17,23)/t15-/m0/s1. The lowest BCUT2D eigenvalue weighted by atomic mass is 10.2. The summed E-state index contributed by atoms with van der Waals surface area (Å²) in [6, 6.07) is 2.37. The highest BCUT2D eigenvalue weighted by molar-refractivity contribution is 5.76. The Hall–Kier alpha value is -2.05. The number of carbonyl (C=O) groups excluding carboxylic acids is 2. The van der Waals surface area contributed by atoms with Crippen LogP contribution in [-0.2, 0) is 18.4 Å². The fourth-order valence-electron chi connectivity index (χ4n) is 3.28.